The Kier molecular flexibility index (Phi) is 2.20. The van der Waals surface area contributed by atoms with Crippen molar-refractivity contribution < 1.29 is 5.11 Å². The number of aliphatic hydroxyl groups is 1. The minimum Gasteiger partial charge on any atom is -0.385 e. The fourth-order valence-corrected chi connectivity index (χ4v) is 2.31. The van der Waals surface area contributed by atoms with Crippen molar-refractivity contribution in [3.8, 4) is 0 Å². The summed E-state index contributed by atoms with van der Waals surface area (Å²) in [6.07, 6.45) is 1.98. The van der Waals surface area contributed by atoms with Crippen LogP contribution in [0.4, 0.5) is 0 Å². The molecule has 0 amide bonds. The van der Waals surface area contributed by atoms with Gasteiger partial charge in [0, 0.05) is 4.47 Å². The van der Waals surface area contributed by atoms with E-state index in [0.717, 1.165) is 22.9 Å². The molecule has 1 nitrogen and oxygen atoms in total. The van der Waals surface area contributed by atoms with Crippen LogP contribution >= 0.6 is 15.9 Å². The fourth-order valence-electron chi connectivity index (χ4n) is 1.91. The summed E-state index contributed by atoms with van der Waals surface area (Å²) in [6.45, 7) is 2.13. The molecule has 2 rings (SSSR count). The molecule has 1 aromatic rings. The molecule has 1 aliphatic carbocycles. The number of halogens is 1. The van der Waals surface area contributed by atoms with Crippen LogP contribution in [0.25, 0.3) is 0 Å². The van der Waals surface area contributed by atoms with E-state index in [1.54, 1.807) is 0 Å². The van der Waals surface area contributed by atoms with Crippen LogP contribution < -0.4 is 0 Å². The summed E-state index contributed by atoms with van der Waals surface area (Å²) in [7, 11) is 0. The molecule has 70 valence electrons. The Balaban J connectivity index is 2.27. The summed E-state index contributed by atoms with van der Waals surface area (Å²) in [5.74, 6) is 0.460. The molecule has 2 heteroatoms. The number of hydrogen-bond donors (Lipinski definition) is 1. The molecule has 2 atom stereocenters. The summed E-state index contributed by atoms with van der Waals surface area (Å²) in [5, 5.41) is 10.2. The number of benzene rings is 1. The van der Waals surface area contributed by atoms with E-state index in [1.165, 1.54) is 0 Å². The van der Waals surface area contributed by atoms with Gasteiger partial charge < -0.3 is 5.11 Å². The Hall–Kier alpha value is -0.340. The summed E-state index contributed by atoms with van der Waals surface area (Å²) >= 11 is 3.41. The van der Waals surface area contributed by atoms with E-state index >= 15 is 0 Å². The number of rotatable bonds is 2. The molecule has 0 spiro atoms. The topological polar surface area (TPSA) is 20.2 Å². The van der Waals surface area contributed by atoms with Crippen molar-refractivity contribution in [1.82, 2.24) is 0 Å². The Morgan fingerprint density at radius 3 is 2.92 bits per heavy atom. The first-order valence-electron chi connectivity index (χ1n) is 4.65. The maximum Gasteiger partial charge on any atom is 0.0929 e. The maximum absolute atomic E-state index is 10.2. The molecule has 0 aromatic heterocycles. The van der Waals surface area contributed by atoms with Gasteiger partial charge in [-0.3, -0.25) is 0 Å². The summed E-state index contributed by atoms with van der Waals surface area (Å²) in [5.41, 5.74) is 0.521. The third-order valence-electron chi connectivity index (χ3n) is 2.89. The van der Waals surface area contributed by atoms with Crippen LogP contribution in [0.2, 0.25) is 0 Å². The molecule has 1 aliphatic rings. The average molecular weight is 241 g/mol. The molecule has 1 fully saturated rings. The molecule has 0 saturated heterocycles. The monoisotopic (exact) mass is 240 g/mol. The van der Waals surface area contributed by atoms with E-state index in [0.29, 0.717) is 5.92 Å². The molecule has 0 heterocycles. The SMILES string of the molecule is CCC1CC1(O)c1cccc(Br)c1. The highest BCUT2D eigenvalue weighted by atomic mass is 79.9. The van der Waals surface area contributed by atoms with Gasteiger partial charge in [0.05, 0.1) is 5.60 Å². The molecule has 0 aliphatic heterocycles. The van der Waals surface area contributed by atoms with Gasteiger partial charge in [0.2, 0.25) is 0 Å². The van der Waals surface area contributed by atoms with E-state index in [4.69, 9.17) is 0 Å². The minimum atomic E-state index is -0.529. The third-order valence-corrected chi connectivity index (χ3v) is 3.38. The van der Waals surface area contributed by atoms with Crippen molar-refractivity contribution in [3.63, 3.8) is 0 Å². The summed E-state index contributed by atoms with van der Waals surface area (Å²) in [4.78, 5) is 0. The van der Waals surface area contributed by atoms with E-state index in [-0.39, 0.29) is 0 Å². The molecule has 13 heavy (non-hydrogen) atoms. The highest BCUT2D eigenvalue weighted by Crippen LogP contribution is 2.53. The normalized spacial score (nSPS) is 31.8. The largest absolute Gasteiger partial charge is 0.385 e. The molecular formula is C11H13BrO. The summed E-state index contributed by atoms with van der Waals surface area (Å²) in [6, 6.07) is 7.97. The lowest BCUT2D eigenvalue weighted by molar-refractivity contribution is 0.130. The zero-order valence-electron chi connectivity index (χ0n) is 7.63. The van der Waals surface area contributed by atoms with Crippen molar-refractivity contribution in [2.24, 2.45) is 5.92 Å². The zero-order valence-corrected chi connectivity index (χ0v) is 9.21. The highest BCUT2D eigenvalue weighted by Gasteiger charge is 2.52. The second-order valence-corrected chi connectivity index (χ2v) is 4.66. The predicted octanol–water partition coefficient (Wildman–Crippen LogP) is 3.07. The van der Waals surface area contributed by atoms with Crippen molar-refractivity contribution in [1.29, 1.82) is 0 Å². The van der Waals surface area contributed by atoms with Gasteiger partial charge in [-0.1, -0.05) is 41.4 Å². The first kappa shape index (κ1) is 9.22. The fraction of sp³-hybridized carbons (Fsp3) is 0.455. The zero-order chi connectivity index (χ0) is 9.47. The Morgan fingerprint density at radius 2 is 2.38 bits per heavy atom. The van der Waals surface area contributed by atoms with Gasteiger partial charge in [-0.25, -0.2) is 0 Å². The molecule has 0 radical (unpaired) electrons. The highest BCUT2D eigenvalue weighted by molar-refractivity contribution is 9.10. The van der Waals surface area contributed by atoms with Crippen LogP contribution in [0.3, 0.4) is 0 Å². The standard InChI is InChI=1S/C11H13BrO/c1-2-8-7-11(8,13)9-4-3-5-10(12)6-9/h3-6,8,13H,2,7H2,1H3. The number of hydrogen-bond acceptors (Lipinski definition) is 1. The van der Waals surface area contributed by atoms with Crippen LogP contribution in [0.15, 0.2) is 28.7 Å². The molecule has 1 aromatic carbocycles. The quantitative estimate of drug-likeness (QED) is 0.843. The first-order chi connectivity index (χ1) is 6.16. The first-order valence-corrected chi connectivity index (χ1v) is 5.44. The summed E-state index contributed by atoms with van der Waals surface area (Å²) < 4.78 is 1.04. The van der Waals surface area contributed by atoms with Crippen LogP contribution in [-0.2, 0) is 5.60 Å². The molecule has 1 saturated carbocycles. The van der Waals surface area contributed by atoms with Crippen LogP contribution in [0.5, 0.6) is 0 Å². The average Bonchev–Trinajstić information content (AvgIpc) is 2.79. The third kappa shape index (κ3) is 1.53. The van der Waals surface area contributed by atoms with Crippen molar-refractivity contribution in [2.75, 3.05) is 0 Å². The van der Waals surface area contributed by atoms with Crippen LogP contribution in [0.1, 0.15) is 25.3 Å². The second kappa shape index (κ2) is 3.10. The van der Waals surface area contributed by atoms with Crippen molar-refractivity contribution >= 4 is 15.9 Å². The molecular weight excluding hydrogens is 228 g/mol. The lowest BCUT2D eigenvalue weighted by Gasteiger charge is -2.10. The van der Waals surface area contributed by atoms with Gasteiger partial charge in [0.1, 0.15) is 0 Å². The Bertz CT molecular complexity index is 324. The van der Waals surface area contributed by atoms with E-state index in [9.17, 15) is 5.11 Å². The van der Waals surface area contributed by atoms with Gasteiger partial charge in [0.25, 0.3) is 0 Å². The maximum atomic E-state index is 10.2. The van der Waals surface area contributed by atoms with Gasteiger partial charge in [-0.2, -0.15) is 0 Å². The Labute approximate surface area is 86.9 Å². The van der Waals surface area contributed by atoms with Gasteiger partial charge in [0.15, 0.2) is 0 Å². The van der Waals surface area contributed by atoms with E-state index < -0.39 is 5.60 Å². The molecule has 1 N–H and O–H groups in total. The Morgan fingerprint density at radius 1 is 1.62 bits per heavy atom. The minimum absolute atomic E-state index is 0.460. The van der Waals surface area contributed by atoms with Gasteiger partial charge in [-0.15, -0.1) is 0 Å². The lowest BCUT2D eigenvalue weighted by Crippen LogP contribution is -2.07. The van der Waals surface area contributed by atoms with E-state index in [1.807, 2.05) is 24.3 Å². The predicted molar refractivity (Wildman–Crippen MR) is 56.4 cm³/mol. The lowest BCUT2D eigenvalue weighted by atomic mass is 10.1. The molecule has 0 bridgehead atoms. The molecule has 2 unspecified atom stereocenters. The van der Waals surface area contributed by atoms with Crippen molar-refractivity contribution in [3.05, 3.63) is 34.3 Å². The van der Waals surface area contributed by atoms with Crippen molar-refractivity contribution in [2.45, 2.75) is 25.4 Å². The smallest absolute Gasteiger partial charge is 0.0929 e. The second-order valence-electron chi connectivity index (χ2n) is 3.74. The van der Waals surface area contributed by atoms with E-state index in [2.05, 4.69) is 22.9 Å². The van der Waals surface area contributed by atoms with Crippen LogP contribution in [-0.4, -0.2) is 5.11 Å². The van der Waals surface area contributed by atoms with Crippen LogP contribution in [0, 0.1) is 5.92 Å². The van der Waals surface area contributed by atoms with Gasteiger partial charge >= 0.3 is 0 Å². The van der Waals surface area contributed by atoms with Gasteiger partial charge in [-0.05, 0) is 30.0 Å².